The number of aromatic nitrogens is 1. The van der Waals surface area contributed by atoms with Crippen LogP contribution in [0.1, 0.15) is 5.56 Å². The normalized spacial score (nSPS) is 10.2. The van der Waals surface area contributed by atoms with Gasteiger partial charge in [0.2, 0.25) is 0 Å². The van der Waals surface area contributed by atoms with Crippen LogP contribution in [0.25, 0.3) is 5.52 Å². The molecule has 0 fully saturated rings. The number of hydrogen-bond acceptors (Lipinski definition) is 4. The molecule has 0 saturated carbocycles. The van der Waals surface area contributed by atoms with Crippen molar-refractivity contribution in [2.45, 2.75) is 4.90 Å². The van der Waals surface area contributed by atoms with Crippen LogP contribution < -0.4 is 5.56 Å². The molecule has 96 valence electrons. The number of nitrogens with zero attached hydrogens (tertiary/aromatic N) is 3. The standard InChI is InChI=1S/C13H11N3O2S/c1-15(2)13(18)19-11-4-3-7-16-10(11)6-5-9(8-14)12(16)17/h3-7H,1-2H3. The molecule has 0 aromatic carbocycles. The molecule has 6 heteroatoms. The first kappa shape index (κ1) is 13.2. The van der Waals surface area contributed by atoms with Gasteiger partial charge in [0.1, 0.15) is 11.6 Å². The van der Waals surface area contributed by atoms with E-state index in [0.717, 1.165) is 11.8 Å². The lowest BCUT2D eigenvalue weighted by atomic mass is 10.2. The summed E-state index contributed by atoms with van der Waals surface area (Å²) < 4.78 is 1.38. The Kier molecular flexibility index (Phi) is 3.58. The molecule has 0 aliphatic heterocycles. The average Bonchev–Trinajstić information content (AvgIpc) is 2.40. The summed E-state index contributed by atoms with van der Waals surface area (Å²) in [5.74, 6) is 0. The Morgan fingerprint density at radius 2 is 2.11 bits per heavy atom. The van der Waals surface area contributed by atoms with Crippen LogP contribution in [0.3, 0.4) is 0 Å². The van der Waals surface area contributed by atoms with Crippen molar-refractivity contribution in [2.75, 3.05) is 14.1 Å². The molecule has 19 heavy (non-hydrogen) atoms. The van der Waals surface area contributed by atoms with Crippen molar-refractivity contribution in [3.05, 3.63) is 46.4 Å². The second kappa shape index (κ2) is 5.16. The number of fused-ring (bicyclic) bond motifs is 1. The Bertz CT molecular complexity index is 744. The van der Waals surface area contributed by atoms with Crippen LogP contribution in [0.15, 0.2) is 40.2 Å². The van der Waals surface area contributed by atoms with Crippen molar-refractivity contribution < 1.29 is 4.79 Å². The van der Waals surface area contributed by atoms with E-state index in [2.05, 4.69) is 0 Å². The van der Waals surface area contributed by atoms with Gasteiger partial charge in [-0.3, -0.25) is 14.0 Å². The predicted molar refractivity (Wildman–Crippen MR) is 73.3 cm³/mol. The van der Waals surface area contributed by atoms with Gasteiger partial charge in [-0.1, -0.05) is 0 Å². The molecule has 0 bridgehead atoms. The van der Waals surface area contributed by atoms with Crippen LogP contribution in [-0.4, -0.2) is 28.6 Å². The number of rotatable bonds is 1. The van der Waals surface area contributed by atoms with Crippen molar-refractivity contribution in [1.29, 1.82) is 5.26 Å². The van der Waals surface area contributed by atoms with E-state index in [-0.39, 0.29) is 16.4 Å². The van der Waals surface area contributed by atoms with Crippen LogP contribution in [0.4, 0.5) is 4.79 Å². The van der Waals surface area contributed by atoms with E-state index >= 15 is 0 Å². The summed E-state index contributed by atoms with van der Waals surface area (Å²) in [6.45, 7) is 0. The monoisotopic (exact) mass is 273 g/mol. The van der Waals surface area contributed by atoms with E-state index in [1.54, 1.807) is 38.5 Å². The van der Waals surface area contributed by atoms with Crippen molar-refractivity contribution in [3.63, 3.8) is 0 Å². The maximum atomic E-state index is 12.0. The van der Waals surface area contributed by atoms with Crippen molar-refractivity contribution in [3.8, 4) is 6.07 Å². The summed E-state index contributed by atoms with van der Waals surface area (Å²) in [4.78, 5) is 25.8. The molecule has 0 saturated heterocycles. The first-order chi connectivity index (χ1) is 9.04. The van der Waals surface area contributed by atoms with Gasteiger partial charge in [0.25, 0.3) is 10.8 Å². The molecule has 2 aromatic heterocycles. The third-order valence-electron chi connectivity index (χ3n) is 2.53. The smallest absolute Gasteiger partial charge is 0.286 e. The van der Waals surface area contributed by atoms with E-state index in [9.17, 15) is 9.59 Å². The second-order valence-electron chi connectivity index (χ2n) is 4.05. The van der Waals surface area contributed by atoms with Gasteiger partial charge in [0, 0.05) is 25.2 Å². The van der Waals surface area contributed by atoms with Gasteiger partial charge in [-0.2, -0.15) is 5.26 Å². The van der Waals surface area contributed by atoms with E-state index in [4.69, 9.17) is 5.26 Å². The fraction of sp³-hybridized carbons (Fsp3) is 0.154. The van der Waals surface area contributed by atoms with Gasteiger partial charge in [0.05, 0.1) is 5.52 Å². The average molecular weight is 273 g/mol. The van der Waals surface area contributed by atoms with Gasteiger partial charge >= 0.3 is 0 Å². The van der Waals surface area contributed by atoms with Gasteiger partial charge in [-0.15, -0.1) is 0 Å². The number of amides is 1. The first-order valence-electron chi connectivity index (χ1n) is 5.48. The van der Waals surface area contributed by atoms with E-state index in [1.165, 1.54) is 15.4 Å². The summed E-state index contributed by atoms with van der Waals surface area (Å²) in [7, 11) is 3.33. The lowest BCUT2D eigenvalue weighted by molar-refractivity contribution is 0.241. The molecule has 2 rings (SSSR count). The van der Waals surface area contributed by atoms with Gasteiger partial charge in [-0.25, -0.2) is 0 Å². The molecule has 1 amide bonds. The van der Waals surface area contributed by atoms with Crippen LogP contribution in [-0.2, 0) is 0 Å². The first-order valence-corrected chi connectivity index (χ1v) is 6.30. The zero-order chi connectivity index (χ0) is 14.0. The van der Waals surface area contributed by atoms with Crippen molar-refractivity contribution >= 4 is 22.5 Å². The Balaban J connectivity index is 2.60. The summed E-state index contributed by atoms with van der Waals surface area (Å²) >= 11 is 1.05. The Hall–Kier alpha value is -2.26. The third-order valence-corrected chi connectivity index (χ3v) is 3.64. The maximum absolute atomic E-state index is 12.0. The zero-order valence-electron chi connectivity index (χ0n) is 10.5. The predicted octanol–water partition coefficient (Wildman–Crippen LogP) is 1.94. The molecule has 2 aromatic rings. The quantitative estimate of drug-likeness (QED) is 0.745. The zero-order valence-corrected chi connectivity index (χ0v) is 11.3. The van der Waals surface area contributed by atoms with Crippen LogP contribution in [0.2, 0.25) is 0 Å². The highest BCUT2D eigenvalue weighted by Crippen LogP contribution is 2.24. The fourth-order valence-corrected chi connectivity index (χ4v) is 2.35. The summed E-state index contributed by atoms with van der Waals surface area (Å²) in [6.07, 6.45) is 1.59. The summed E-state index contributed by atoms with van der Waals surface area (Å²) in [5.41, 5.74) is 0.324. The molecule has 0 aliphatic carbocycles. The Morgan fingerprint density at radius 1 is 1.37 bits per heavy atom. The molecule has 0 N–H and O–H groups in total. The van der Waals surface area contributed by atoms with E-state index in [0.29, 0.717) is 10.4 Å². The van der Waals surface area contributed by atoms with Gasteiger partial charge in [-0.05, 0) is 36.0 Å². The molecule has 2 heterocycles. The minimum absolute atomic E-state index is 0.0820. The molecule has 5 nitrogen and oxygen atoms in total. The summed E-state index contributed by atoms with van der Waals surface area (Å²) in [5, 5.41) is 8.72. The number of nitriles is 1. The highest BCUT2D eigenvalue weighted by atomic mass is 32.2. The highest BCUT2D eigenvalue weighted by molar-refractivity contribution is 8.13. The van der Waals surface area contributed by atoms with Gasteiger partial charge in [0.15, 0.2) is 0 Å². The molecular formula is C13H11N3O2S. The number of thioether (sulfide) groups is 1. The lowest BCUT2D eigenvalue weighted by Crippen LogP contribution is -2.18. The lowest BCUT2D eigenvalue weighted by Gasteiger charge is -2.11. The summed E-state index contributed by atoms with van der Waals surface area (Å²) in [6, 6.07) is 8.45. The number of pyridine rings is 2. The van der Waals surface area contributed by atoms with Crippen molar-refractivity contribution in [1.82, 2.24) is 9.30 Å². The second-order valence-corrected chi connectivity index (χ2v) is 5.05. The minimum atomic E-state index is -0.375. The largest absolute Gasteiger partial charge is 0.339 e. The highest BCUT2D eigenvalue weighted by Gasteiger charge is 2.11. The number of carbonyl (C=O) groups is 1. The molecule has 0 unspecified atom stereocenters. The SMILES string of the molecule is CN(C)C(=O)Sc1cccn2c(=O)c(C#N)ccc12. The van der Waals surface area contributed by atoms with E-state index in [1.807, 2.05) is 6.07 Å². The van der Waals surface area contributed by atoms with Crippen LogP contribution in [0, 0.1) is 11.3 Å². The molecule has 0 aliphatic rings. The Morgan fingerprint density at radius 3 is 2.74 bits per heavy atom. The number of carbonyl (C=O) groups excluding carboxylic acids is 1. The van der Waals surface area contributed by atoms with Crippen LogP contribution >= 0.6 is 11.8 Å². The fourth-order valence-electron chi connectivity index (χ4n) is 1.56. The molecular weight excluding hydrogens is 262 g/mol. The van der Waals surface area contributed by atoms with Crippen molar-refractivity contribution in [2.24, 2.45) is 0 Å². The van der Waals surface area contributed by atoms with Crippen LogP contribution in [0.5, 0.6) is 0 Å². The number of hydrogen-bond donors (Lipinski definition) is 0. The third kappa shape index (κ3) is 2.46. The van der Waals surface area contributed by atoms with E-state index < -0.39 is 0 Å². The van der Waals surface area contributed by atoms with Gasteiger partial charge < -0.3 is 4.90 Å². The minimum Gasteiger partial charge on any atom is -0.339 e. The molecule has 0 spiro atoms. The topological polar surface area (TPSA) is 65.6 Å². The Labute approximate surface area is 114 Å². The molecule has 0 radical (unpaired) electrons. The molecule has 0 atom stereocenters. The maximum Gasteiger partial charge on any atom is 0.286 e.